The quantitative estimate of drug-likeness (QED) is 0.763. The van der Waals surface area contributed by atoms with Crippen molar-refractivity contribution >= 4 is 6.03 Å². The van der Waals surface area contributed by atoms with E-state index in [2.05, 4.69) is 15.5 Å². The van der Waals surface area contributed by atoms with Crippen LogP contribution in [0.1, 0.15) is 17.2 Å². The van der Waals surface area contributed by atoms with E-state index >= 15 is 0 Å². The number of rotatable bonds is 8. The summed E-state index contributed by atoms with van der Waals surface area (Å²) in [6, 6.07) is 15.4. The molecule has 1 unspecified atom stereocenters. The summed E-state index contributed by atoms with van der Waals surface area (Å²) in [5.41, 5.74) is 2.13. The predicted octanol–water partition coefficient (Wildman–Crippen LogP) is 2.81. The highest BCUT2D eigenvalue weighted by Gasteiger charge is 2.15. The molecule has 2 aromatic rings. The van der Waals surface area contributed by atoms with E-state index in [0.29, 0.717) is 13.1 Å². The zero-order valence-corrected chi connectivity index (χ0v) is 15.8. The van der Waals surface area contributed by atoms with E-state index in [9.17, 15) is 4.79 Å². The molecular formula is C20H27N3O3. The minimum atomic E-state index is -0.193. The maximum absolute atomic E-state index is 12.1. The highest BCUT2D eigenvalue weighted by Crippen LogP contribution is 2.20. The van der Waals surface area contributed by atoms with Crippen LogP contribution in [0.25, 0.3) is 0 Å². The Morgan fingerprint density at radius 1 is 0.923 bits per heavy atom. The normalized spacial score (nSPS) is 11.7. The fourth-order valence-corrected chi connectivity index (χ4v) is 2.60. The number of methoxy groups -OCH3 is 2. The van der Waals surface area contributed by atoms with Crippen molar-refractivity contribution in [3.05, 3.63) is 59.7 Å². The van der Waals surface area contributed by atoms with E-state index < -0.39 is 0 Å². The van der Waals surface area contributed by atoms with Gasteiger partial charge in [0.2, 0.25) is 0 Å². The molecule has 0 heterocycles. The summed E-state index contributed by atoms with van der Waals surface area (Å²) in [6.07, 6.45) is 0. The van der Waals surface area contributed by atoms with Crippen molar-refractivity contribution in [2.24, 2.45) is 0 Å². The largest absolute Gasteiger partial charge is 0.497 e. The van der Waals surface area contributed by atoms with Crippen molar-refractivity contribution in [3.8, 4) is 11.5 Å². The molecule has 6 heteroatoms. The lowest BCUT2D eigenvalue weighted by molar-refractivity contribution is 0.232. The summed E-state index contributed by atoms with van der Waals surface area (Å²) in [5, 5.41) is 5.81. The first-order chi connectivity index (χ1) is 12.5. The molecule has 26 heavy (non-hydrogen) atoms. The van der Waals surface area contributed by atoms with Crippen LogP contribution in [0.5, 0.6) is 11.5 Å². The molecule has 0 bridgehead atoms. The van der Waals surface area contributed by atoms with Gasteiger partial charge >= 0.3 is 6.03 Å². The number of benzene rings is 2. The zero-order chi connectivity index (χ0) is 18.9. The molecule has 0 aromatic heterocycles. The van der Waals surface area contributed by atoms with Gasteiger partial charge in [0, 0.05) is 13.1 Å². The van der Waals surface area contributed by atoms with Crippen LogP contribution in [-0.2, 0) is 6.54 Å². The number of amides is 2. The molecule has 0 saturated heterocycles. The fraction of sp³-hybridized carbons (Fsp3) is 0.350. The second-order valence-corrected chi connectivity index (χ2v) is 6.16. The van der Waals surface area contributed by atoms with Gasteiger partial charge in [0.25, 0.3) is 0 Å². The van der Waals surface area contributed by atoms with Crippen LogP contribution in [-0.4, -0.2) is 45.8 Å². The van der Waals surface area contributed by atoms with Crippen molar-refractivity contribution in [1.82, 2.24) is 15.5 Å². The SMILES string of the molecule is COc1ccc(CNC(=O)NCC(c2ccc(OC)cc2)N(C)C)cc1. The molecule has 0 aliphatic carbocycles. The number of urea groups is 1. The summed E-state index contributed by atoms with van der Waals surface area (Å²) >= 11 is 0. The molecule has 2 rings (SSSR count). The standard InChI is InChI=1S/C20H27N3O3/c1-23(2)19(16-7-11-18(26-4)12-8-16)14-22-20(24)21-13-15-5-9-17(25-3)10-6-15/h5-12,19H,13-14H2,1-4H3,(H2,21,22,24). The summed E-state index contributed by atoms with van der Waals surface area (Å²) < 4.78 is 10.3. The number of carbonyl (C=O) groups is 1. The molecular weight excluding hydrogens is 330 g/mol. The summed E-state index contributed by atoms with van der Waals surface area (Å²) in [6.45, 7) is 0.971. The molecule has 2 N–H and O–H groups in total. The van der Waals surface area contributed by atoms with E-state index in [1.54, 1.807) is 14.2 Å². The van der Waals surface area contributed by atoms with Crippen molar-refractivity contribution in [2.75, 3.05) is 34.9 Å². The zero-order valence-electron chi connectivity index (χ0n) is 15.8. The second kappa shape index (κ2) is 9.68. The van der Waals surface area contributed by atoms with Crippen LogP contribution in [0.3, 0.4) is 0 Å². The average Bonchev–Trinajstić information content (AvgIpc) is 2.67. The van der Waals surface area contributed by atoms with E-state index in [1.807, 2.05) is 62.6 Å². The lowest BCUT2D eigenvalue weighted by Crippen LogP contribution is -2.40. The van der Waals surface area contributed by atoms with E-state index in [1.165, 1.54) is 0 Å². The maximum atomic E-state index is 12.1. The first kappa shape index (κ1) is 19.6. The molecule has 2 aromatic carbocycles. The Labute approximate surface area is 155 Å². The lowest BCUT2D eigenvalue weighted by Gasteiger charge is -2.25. The number of ether oxygens (including phenoxy) is 2. The Balaban J connectivity index is 1.86. The minimum absolute atomic E-state index is 0.0765. The monoisotopic (exact) mass is 357 g/mol. The summed E-state index contributed by atoms with van der Waals surface area (Å²) in [5.74, 6) is 1.61. The highest BCUT2D eigenvalue weighted by atomic mass is 16.5. The highest BCUT2D eigenvalue weighted by molar-refractivity contribution is 5.73. The van der Waals surface area contributed by atoms with Gasteiger partial charge in [-0.05, 0) is 49.5 Å². The maximum Gasteiger partial charge on any atom is 0.315 e. The molecule has 0 aliphatic heterocycles. The van der Waals surface area contributed by atoms with Crippen LogP contribution < -0.4 is 20.1 Å². The number of nitrogens with one attached hydrogen (secondary N) is 2. The Morgan fingerprint density at radius 3 is 1.96 bits per heavy atom. The Kier molecular flexibility index (Phi) is 7.29. The van der Waals surface area contributed by atoms with Gasteiger partial charge in [-0.25, -0.2) is 4.79 Å². The van der Waals surface area contributed by atoms with Gasteiger partial charge in [-0.3, -0.25) is 0 Å². The number of likely N-dealkylation sites (N-methyl/N-ethyl adjacent to an activating group) is 1. The van der Waals surface area contributed by atoms with Crippen molar-refractivity contribution in [1.29, 1.82) is 0 Å². The molecule has 0 fully saturated rings. The minimum Gasteiger partial charge on any atom is -0.497 e. The summed E-state index contributed by atoms with van der Waals surface area (Å²) in [4.78, 5) is 14.2. The van der Waals surface area contributed by atoms with Crippen molar-refractivity contribution in [3.63, 3.8) is 0 Å². The van der Waals surface area contributed by atoms with Crippen LogP contribution in [0.4, 0.5) is 4.79 Å². The van der Waals surface area contributed by atoms with Crippen LogP contribution in [0.2, 0.25) is 0 Å². The van der Waals surface area contributed by atoms with Crippen molar-refractivity contribution < 1.29 is 14.3 Å². The van der Waals surface area contributed by atoms with Crippen molar-refractivity contribution in [2.45, 2.75) is 12.6 Å². The average molecular weight is 357 g/mol. The third-order valence-corrected chi connectivity index (χ3v) is 4.19. The lowest BCUT2D eigenvalue weighted by atomic mass is 10.1. The molecule has 6 nitrogen and oxygen atoms in total. The Bertz CT molecular complexity index is 684. The first-order valence-electron chi connectivity index (χ1n) is 8.48. The predicted molar refractivity (Wildman–Crippen MR) is 103 cm³/mol. The molecule has 0 spiro atoms. The smallest absolute Gasteiger partial charge is 0.315 e. The van der Waals surface area contributed by atoms with E-state index in [4.69, 9.17) is 9.47 Å². The third-order valence-electron chi connectivity index (χ3n) is 4.19. The first-order valence-corrected chi connectivity index (χ1v) is 8.48. The topological polar surface area (TPSA) is 62.8 Å². The molecule has 0 saturated carbocycles. The number of carbonyl (C=O) groups excluding carboxylic acids is 1. The van der Waals surface area contributed by atoms with Gasteiger partial charge in [-0.15, -0.1) is 0 Å². The molecule has 140 valence electrons. The number of hydrogen-bond donors (Lipinski definition) is 2. The van der Waals surface area contributed by atoms with Gasteiger partial charge in [0.15, 0.2) is 0 Å². The second-order valence-electron chi connectivity index (χ2n) is 6.16. The van der Waals surface area contributed by atoms with Crippen LogP contribution in [0.15, 0.2) is 48.5 Å². The van der Waals surface area contributed by atoms with Crippen LogP contribution in [0, 0.1) is 0 Å². The number of nitrogens with zero attached hydrogens (tertiary/aromatic N) is 1. The molecule has 0 radical (unpaired) electrons. The van der Waals surface area contributed by atoms with Gasteiger partial charge in [-0.1, -0.05) is 24.3 Å². The van der Waals surface area contributed by atoms with Gasteiger partial charge in [0.05, 0.1) is 20.3 Å². The molecule has 1 atom stereocenters. The fourth-order valence-electron chi connectivity index (χ4n) is 2.60. The molecule has 0 aliphatic rings. The van der Waals surface area contributed by atoms with Crippen LogP contribution >= 0.6 is 0 Å². The number of hydrogen-bond acceptors (Lipinski definition) is 4. The molecule has 2 amide bonds. The summed E-state index contributed by atoms with van der Waals surface area (Å²) in [7, 11) is 7.26. The Morgan fingerprint density at radius 2 is 1.46 bits per heavy atom. The third kappa shape index (κ3) is 5.67. The van der Waals surface area contributed by atoms with Gasteiger partial charge in [-0.2, -0.15) is 0 Å². The van der Waals surface area contributed by atoms with Gasteiger partial charge < -0.3 is 25.0 Å². The van der Waals surface area contributed by atoms with Gasteiger partial charge in [0.1, 0.15) is 11.5 Å². The van der Waals surface area contributed by atoms with E-state index in [-0.39, 0.29) is 12.1 Å². The Hall–Kier alpha value is -2.73. The van der Waals surface area contributed by atoms with E-state index in [0.717, 1.165) is 22.6 Å².